The van der Waals surface area contributed by atoms with Gasteiger partial charge in [-0.2, -0.15) is 0 Å². The van der Waals surface area contributed by atoms with E-state index in [9.17, 15) is 10.1 Å². The molecule has 1 rings (SSSR count). The van der Waals surface area contributed by atoms with Gasteiger partial charge in [0.25, 0.3) is 5.69 Å². The molecule has 3 nitrogen and oxygen atoms in total. The molecule has 12 heavy (non-hydrogen) atoms. The molecule has 0 fully saturated rings. The Morgan fingerprint density at radius 1 is 1.25 bits per heavy atom. The third kappa shape index (κ3) is 1.81. The first-order chi connectivity index (χ1) is 5.61. The first kappa shape index (κ1) is 8.71. The lowest BCUT2D eigenvalue weighted by atomic mass is 10.0. The Kier molecular flexibility index (Phi) is 2.43. The molecule has 0 atom stereocenters. The van der Waals surface area contributed by atoms with E-state index in [4.69, 9.17) is 0 Å². The van der Waals surface area contributed by atoms with Crippen LogP contribution in [0.3, 0.4) is 0 Å². The lowest BCUT2D eigenvalue weighted by molar-refractivity contribution is -0.384. The van der Waals surface area contributed by atoms with E-state index in [-0.39, 0.29) is 5.69 Å². The molecule has 0 amide bonds. The summed E-state index contributed by atoms with van der Waals surface area (Å²) in [6.45, 7) is 3.95. The SMILES string of the molecule is C[C](C)c1ccc([N+](=O)[O-])cc1. The van der Waals surface area contributed by atoms with Gasteiger partial charge in [-0.15, -0.1) is 0 Å². The van der Waals surface area contributed by atoms with E-state index < -0.39 is 4.92 Å². The summed E-state index contributed by atoms with van der Waals surface area (Å²) in [5.41, 5.74) is 1.18. The smallest absolute Gasteiger partial charge is 0.258 e. The fourth-order valence-corrected chi connectivity index (χ4v) is 0.916. The molecular weight excluding hydrogens is 154 g/mol. The Labute approximate surface area is 71.2 Å². The molecule has 0 saturated carbocycles. The van der Waals surface area contributed by atoms with Crippen LogP contribution in [0.1, 0.15) is 19.4 Å². The van der Waals surface area contributed by atoms with Gasteiger partial charge in [0.2, 0.25) is 0 Å². The minimum Gasteiger partial charge on any atom is -0.258 e. The maximum Gasteiger partial charge on any atom is 0.269 e. The molecule has 0 N–H and O–H groups in total. The molecular formula is C9H10NO2. The van der Waals surface area contributed by atoms with Gasteiger partial charge in [0.1, 0.15) is 0 Å². The first-order valence-electron chi connectivity index (χ1n) is 3.66. The van der Waals surface area contributed by atoms with E-state index in [0.29, 0.717) is 0 Å². The van der Waals surface area contributed by atoms with Gasteiger partial charge in [-0.25, -0.2) is 0 Å². The zero-order chi connectivity index (χ0) is 9.14. The zero-order valence-corrected chi connectivity index (χ0v) is 7.07. The summed E-state index contributed by atoms with van der Waals surface area (Å²) in [5.74, 6) is 1.16. The van der Waals surface area contributed by atoms with Crippen molar-refractivity contribution in [2.24, 2.45) is 0 Å². The fraction of sp³-hybridized carbons (Fsp3) is 0.222. The standard InChI is InChI=1S/C9H10NO2/c1-7(2)8-3-5-9(6-4-8)10(11)12/h3-6H,1-2H3. The summed E-state index contributed by atoms with van der Waals surface area (Å²) >= 11 is 0. The summed E-state index contributed by atoms with van der Waals surface area (Å²) in [4.78, 5) is 9.89. The van der Waals surface area contributed by atoms with Gasteiger partial charge in [-0.3, -0.25) is 10.1 Å². The molecule has 0 bridgehead atoms. The highest BCUT2D eigenvalue weighted by atomic mass is 16.6. The first-order valence-corrected chi connectivity index (χ1v) is 3.66. The fourth-order valence-electron chi connectivity index (χ4n) is 0.916. The maximum absolute atomic E-state index is 10.3. The molecule has 0 aromatic heterocycles. The molecule has 0 unspecified atom stereocenters. The Bertz CT molecular complexity index is 277. The Morgan fingerprint density at radius 2 is 1.75 bits per heavy atom. The van der Waals surface area contributed by atoms with Crippen LogP contribution in [0.2, 0.25) is 0 Å². The van der Waals surface area contributed by atoms with Crippen molar-refractivity contribution in [1.29, 1.82) is 0 Å². The normalized spacial score (nSPS) is 10.2. The van der Waals surface area contributed by atoms with Crippen molar-refractivity contribution in [3.05, 3.63) is 45.9 Å². The van der Waals surface area contributed by atoms with Crippen molar-refractivity contribution in [2.75, 3.05) is 0 Å². The molecule has 3 heteroatoms. The summed E-state index contributed by atoms with van der Waals surface area (Å²) < 4.78 is 0. The second-order valence-corrected chi connectivity index (χ2v) is 2.80. The third-order valence-corrected chi connectivity index (χ3v) is 1.66. The third-order valence-electron chi connectivity index (χ3n) is 1.66. The molecule has 1 radical (unpaired) electrons. The summed E-state index contributed by atoms with van der Waals surface area (Å²) in [6.07, 6.45) is 0. The Balaban J connectivity index is 2.93. The van der Waals surface area contributed by atoms with Crippen LogP contribution in [0, 0.1) is 16.0 Å². The number of nitro benzene ring substituents is 1. The lowest BCUT2D eigenvalue weighted by Crippen LogP contribution is -1.90. The van der Waals surface area contributed by atoms with E-state index in [0.717, 1.165) is 11.5 Å². The molecule has 0 heterocycles. The van der Waals surface area contributed by atoms with Crippen molar-refractivity contribution in [3.8, 4) is 0 Å². The van der Waals surface area contributed by atoms with Crippen molar-refractivity contribution in [2.45, 2.75) is 13.8 Å². The van der Waals surface area contributed by atoms with E-state index in [1.54, 1.807) is 12.1 Å². The van der Waals surface area contributed by atoms with Crippen LogP contribution in [0.5, 0.6) is 0 Å². The average Bonchev–Trinajstić information content (AvgIpc) is 2.04. The van der Waals surface area contributed by atoms with Crippen LogP contribution < -0.4 is 0 Å². The van der Waals surface area contributed by atoms with Crippen LogP contribution in [0.25, 0.3) is 0 Å². The molecule has 0 spiro atoms. The van der Waals surface area contributed by atoms with Crippen LogP contribution >= 0.6 is 0 Å². The monoisotopic (exact) mass is 164 g/mol. The number of hydrogen-bond donors (Lipinski definition) is 0. The largest absolute Gasteiger partial charge is 0.269 e. The number of benzene rings is 1. The van der Waals surface area contributed by atoms with Crippen molar-refractivity contribution in [3.63, 3.8) is 0 Å². The number of rotatable bonds is 2. The maximum atomic E-state index is 10.3. The molecule has 0 aliphatic rings. The topological polar surface area (TPSA) is 43.1 Å². The van der Waals surface area contributed by atoms with Crippen LogP contribution in [0.4, 0.5) is 5.69 Å². The minimum absolute atomic E-state index is 0.139. The van der Waals surface area contributed by atoms with Crippen molar-refractivity contribution in [1.82, 2.24) is 0 Å². The number of nitro groups is 1. The highest BCUT2D eigenvalue weighted by molar-refractivity contribution is 5.37. The summed E-state index contributed by atoms with van der Waals surface area (Å²) in [5, 5.41) is 10.3. The summed E-state index contributed by atoms with van der Waals surface area (Å²) in [7, 11) is 0. The van der Waals surface area contributed by atoms with E-state index in [1.165, 1.54) is 12.1 Å². The Hall–Kier alpha value is -1.38. The van der Waals surface area contributed by atoms with E-state index in [1.807, 2.05) is 13.8 Å². The van der Waals surface area contributed by atoms with Crippen LogP contribution in [-0.4, -0.2) is 4.92 Å². The van der Waals surface area contributed by atoms with Crippen LogP contribution in [-0.2, 0) is 0 Å². The van der Waals surface area contributed by atoms with Crippen molar-refractivity contribution >= 4 is 5.69 Å². The molecule has 63 valence electrons. The lowest BCUT2D eigenvalue weighted by Gasteiger charge is -2.02. The number of hydrogen-bond acceptors (Lipinski definition) is 2. The minimum atomic E-state index is -0.394. The molecule has 1 aromatic carbocycles. The number of nitrogens with zero attached hydrogens (tertiary/aromatic N) is 1. The quantitative estimate of drug-likeness (QED) is 0.498. The van der Waals surface area contributed by atoms with Gasteiger partial charge in [-0.1, -0.05) is 26.0 Å². The Morgan fingerprint density at radius 3 is 2.08 bits per heavy atom. The molecule has 0 aliphatic heterocycles. The predicted molar refractivity (Wildman–Crippen MR) is 46.8 cm³/mol. The highest BCUT2D eigenvalue weighted by Crippen LogP contribution is 2.17. The van der Waals surface area contributed by atoms with Gasteiger partial charge in [-0.05, 0) is 11.5 Å². The second-order valence-electron chi connectivity index (χ2n) is 2.80. The van der Waals surface area contributed by atoms with Gasteiger partial charge < -0.3 is 0 Å². The predicted octanol–water partition coefficient (Wildman–Crippen LogP) is 2.56. The zero-order valence-electron chi connectivity index (χ0n) is 7.07. The highest BCUT2D eigenvalue weighted by Gasteiger charge is 2.05. The van der Waals surface area contributed by atoms with Crippen molar-refractivity contribution < 1.29 is 4.92 Å². The molecule has 1 aromatic rings. The van der Waals surface area contributed by atoms with Crippen LogP contribution in [0.15, 0.2) is 24.3 Å². The average molecular weight is 164 g/mol. The van der Waals surface area contributed by atoms with E-state index >= 15 is 0 Å². The molecule has 0 aliphatic carbocycles. The summed E-state index contributed by atoms with van der Waals surface area (Å²) in [6, 6.07) is 6.55. The second kappa shape index (κ2) is 3.34. The number of non-ortho nitro benzene ring substituents is 1. The van der Waals surface area contributed by atoms with Gasteiger partial charge in [0, 0.05) is 12.1 Å². The van der Waals surface area contributed by atoms with Gasteiger partial charge >= 0.3 is 0 Å². The molecule has 0 saturated heterocycles. The van der Waals surface area contributed by atoms with Gasteiger partial charge in [0.15, 0.2) is 0 Å². The van der Waals surface area contributed by atoms with E-state index in [2.05, 4.69) is 0 Å². The van der Waals surface area contributed by atoms with Gasteiger partial charge in [0.05, 0.1) is 4.92 Å².